The highest BCUT2D eigenvalue weighted by molar-refractivity contribution is 5.79. The summed E-state index contributed by atoms with van der Waals surface area (Å²) in [5.41, 5.74) is 1.21. The summed E-state index contributed by atoms with van der Waals surface area (Å²) in [4.78, 5) is 9.56. The van der Waals surface area contributed by atoms with Gasteiger partial charge >= 0.3 is 0 Å². The molecule has 7 heteroatoms. The fraction of sp³-hybridized carbons (Fsp3) is 0.682. The molecule has 0 bridgehead atoms. The Morgan fingerprint density at radius 1 is 1.28 bits per heavy atom. The van der Waals surface area contributed by atoms with Gasteiger partial charge in [0.25, 0.3) is 0 Å². The fourth-order valence-electron chi connectivity index (χ4n) is 3.52. The Morgan fingerprint density at radius 2 is 2.00 bits per heavy atom. The van der Waals surface area contributed by atoms with Gasteiger partial charge in [0.1, 0.15) is 5.75 Å². The molecule has 1 fully saturated rings. The van der Waals surface area contributed by atoms with Gasteiger partial charge in [-0.15, -0.1) is 0 Å². The number of guanidine groups is 1. The Kier molecular flexibility index (Phi) is 9.20. The molecule has 0 aromatic heterocycles. The van der Waals surface area contributed by atoms with Gasteiger partial charge in [-0.25, -0.2) is 0 Å². The van der Waals surface area contributed by atoms with Gasteiger partial charge in [0, 0.05) is 31.7 Å². The lowest BCUT2D eigenvalue weighted by Crippen LogP contribution is -2.52. The number of nitrogens with zero attached hydrogens (tertiary/aromatic N) is 3. The van der Waals surface area contributed by atoms with Crippen molar-refractivity contribution in [2.45, 2.75) is 32.4 Å². The molecule has 1 aromatic carbocycles. The zero-order valence-electron chi connectivity index (χ0n) is 19.0. The van der Waals surface area contributed by atoms with Crippen molar-refractivity contribution in [2.75, 3.05) is 67.1 Å². The van der Waals surface area contributed by atoms with Crippen molar-refractivity contribution in [3.05, 3.63) is 29.8 Å². The quantitative estimate of drug-likeness (QED) is 0.484. The van der Waals surface area contributed by atoms with Crippen LogP contribution in [-0.2, 0) is 4.74 Å². The van der Waals surface area contributed by atoms with E-state index in [0.717, 1.165) is 57.6 Å². The number of hydrogen-bond donors (Lipinski definition) is 2. The first-order valence-electron chi connectivity index (χ1n) is 10.5. The van der Waals surface area contributed by atoms with E-state index in [1.165, 1.54) is 5.56 Å². The minimum atomic E-state index is -0.000122. The predicted molar refractivity (Wildman–Crippen MR) is 120 cm³/mol. The van der Waals surface area contributed by atoms with Crippen LogP contribution in [0.4, 0.5) is 0 Å². The molecule has 1 saturated heterocycles. The van der Waals surface area contributed by atoms with Crippen molar-refractivity contribution in [1.29, 1.82) is 0 Å². The molecule has 1 aliphatic rings. The molecule has 0 aliphatic carbocycles. The van der Waals surface area contributed by atoms with Gasteiger partial charge in [0.05, 0.1) is 32.9 Å². The predicted octanol–water partition coefficient (Wildman–Crippen LogP) is 1.96. The van der Waals surface area contributed by atoms with Gasteiger partial charge in [-0.1, -0.05) is 12.1 Å². The van der Waals surface area contributed by atoms with Crippen LogP contribution in [0.15, 0.2) is 29.3 Å². The SMILES string of the molecule is CCNC(=NCC(C)(C)N1CCOCC1)NCC(c1cccc(OC)c1)N(C)C. The first-order chi connectivity index (χ1) is 13.9. The van der Waals surface area contributed by atoms with E-state index in [-0.39, 0.29) is 11.6 Å². The first kappa shape index (κ1) is 23.4. The molecule has 164 valence electrons. The van der Waals surface area contributed by atoms with E-state index in [1.807, 2.05) is 12.1 Å². The molecule has 2 N–H and O–H groups in total. The maximum absolute atomic E-state index is 5.49. The van der Waals surface area contributed by atoms with E-state index in [9.17, 15) is 0 Å². The number of nitrogens with one attached hydrogen (secondary N) is 2. The van der Waals surface area contributed by atoms with Crippen LogP contribution in [0.2, 0.25) is 0 Å². The minimum Gasteiger partial charge on any atom is -0.497 e. The Hall–Kier alpha value is -1.83. The number of likely N-dealkylation sites (N-methyl/N-ethyl adjacent to an activating group) is 1. The van der Waals surface area contributed by atoms with Gasteiger partial charge in [0.2, 0.25) is 0 Å². The Morgan fingerprint density at radius 3 is 2.62 bits per heavy atom. The highest BCUT2D eigenvalue weighted by Gasteiger charge is 2.28. The number of hydrogen-bond acceptors (Lipinski definition) is 5. The van der Waals surface area contributed by atoms with Crippen LogP contribution in [0.5, 0.6) is 5.75 Å². The van der Waals surface area contributed by atoms with Crippen LogP contribution in [0.3, 0.4) is 0 Å². The summed E-state index contributed by atoms with van der Waals surface area (Å²) >= 11 is 0. The molecule has 0 radical (unpaired) electrons. The third-order valence-corrected chi connectivity index (χ3v) is 5.40. The standard InChI is InChI=1S/C22H39N5O2/c1-7-23-21(25-17-22(2,3)27-11-13-29-14-12-27)24-16-20(26(4)5)18-9-8-10-19(15-18)28-6/h8-10,15,20H,7,11-14,16-17H2,1-6H3,(H2,23,24,25). The van der Waals surface area contributed by atoms with Crippen LogP contribution in [0.25, 0.3) is 0 Å². The number of morpholine rings is 1. The topological polar surface area (TPSA) is 61.4 Å². The van der Waals surface area contributed by atoms with Crippen molar-refractivity contribution in [3.8, 4) is 5.75 Å². The largest absolute Gasteiger partial charge is 0.497 e. The Balaban J connectivity index is 2.04. The van der Waals surface area contributed by atoms with Crippen molar-refractivity contribution in [3.63, 3.8) is 0 Å². The van der Waals surface area contributed by atoms with Crippen LogP contribution >= 0.6 is 0 Å². The van der Waals surface area contributed by atoms with E-state index in [1.54, 1.807) is 7.11 Å². The van der Waals surface area contributed by atoms with Crippen LogP contribution < -0.4 is 15.4 Å². The van der Waals surface area contributed by atoms with Gasteiger partial charge in [-0.3, -0.25) is 9.89 Å². The molecular formula is C22H39N5O2. The van der Waals surface area contributed by atoms with Gasteiger partial charge in [-0.05, 0) is 52.6 Å². The summed E-state index contributed by atoms with van der Waals surface area (Å²) in [7, 11) is 5.89. The molecular weight excluding hydrogens is 366 g/mol. The fourth-order valence-corrected chi connectivity index (χ4v) is 3.52. The second-order valence-electron chi connectivity index (χ2n) is 8.24. The molecule has 7 nitrogen and oxygen atoms in total. The lowest BCUT2D eigenvalue weighted by Gasteiger charge is -2.40. The number of ether oxygens (including phenoxy) is 2. The minimum absolute atomic E-state index is 0.000122. The lowest BCUT2D eigenvalue weighted by molar-refractivity contribution is -0.00684. The molecule has 0 saturated carbocycles. The van der Waals surface area contributed by atoms with E-state index >= 15 is 0 Å². The van der Waals surface area contributed by atoms with E-state index in [0.29, 0.717) is 0 Å². The summed E-state index contributed by atoms with van der Waals surface area (Å²) in [6.07, 6.45) is 0. The lowest BCUT2D eigenvalue weighted by atomic mass is 10.0. The monoisotopic (exact) mass is 405 g/mol. The molecule has 2 rings (SSSR count). The summed E-state index contributed by atoms with van der Waals surface area (Å²) in [6.45, 7) is 12.4. The molecule has 1 heterocycles. The Bertz CT molecular complexity index is 642. The summed E-state index contributed by atoms with van der Waals surface area (Å²) in [6, 6.07) is 8.46. The third-order valence-electron chi connectivity index (χ3n) is 5.40. The molecule has 1 unspecified atom stereocenters. The number of rotatable bonds is 9. The maximum atomic E-state index is 5.49. The average Bonchev–Trinajstić information content (AvgIpc) is 2.72. The zero-order valence-corrected chi connectivity index (χ0v) is 19.0. The van der Waals surface area contributed by atoms with E-state index in [2.05, 4.69) is 67.4 Å². The summed E-state index contributed by atoms with van der Waals surface area (Å²) in [5.74, 6) is 1.73. The van der Waals surface area contributed by atoms with Crippen LogP contribution in [0, 0.1) is 0 Å². The molecule has 29 heavy (non-hydrogen) atoms. The molecule has 1 atom stereocenters. The number of aliphatic imine (C=N–C) groups is 1. The zero-order chi connectivity index (χ0) is 21.3. The van der Waals surface area contributed by atoms with Gasteiger partial charge < -0.3 is 25.0 Å². The maximum Gasteiger partial charge on any atom is 0.191 e. The van der Waals surface area contributed by atoms with E-state index in [4.69, 9.17) is 14.5 Å². The van der Waals surface area contributed by atoms with Crippen molar-refractivity contribution < 1.29 is 9.47 Å². The average molecular weight is 406 g/mol. The molecule has 0 amide bonds. The summed E-state index contributed by atoms with van der Waals surface area (Å²) < 4.78 is 10.9. The van der Waals surface area contributed by atoms with Crippen molar-refractivity contribution >= 4 is 5.96 Å². The number of methoxy groups -OCH3 is 1. The van der Waals surface area contributed by atoms with Crippen LogP contribution in [0.1, 0.15) is 32.4 Å². The smallest absolute Gasteiger partial charge is 0.191 e. The third kappa shape index (κ3) is 7.17. The molecule has 0 spiro atoms. The van der Waals surface area contributed by atoms with Crippen molar-refractivity contribution in [2.24, 2.45) is 4.99 Å². The van der Waals surface area contributed by atoms with Gasteiger partial charge in [0.15, 0.2) is 5.96 Å². The molecule has 1 aromatic rings. The Labute approximate surface area is 176 Å². The van der Waals surface area contributed by atoms with Crippen molar-refractivity contribution in [1.82, 2.24) is 20.4 Å². The number of benzene rings is 1. The second kappa shape index (κ2) is 11.4. The van der Waals surface area contributed by atoms with E-state index < -0.39 is 0 Å². The summed E-state index contributed by atoms with van der Waals surface area (Å²) in [5, 5.41) is 6.91. The normalized spacial score (nSPS) is 17.3. The second-order valence-corrected chi connectivity index (χ2v) is 8.24. The van der Waals surface area contributed by atoms with Crippen LogP contribution in [-0.4, -0.2) is 88.4 Å². The van der Waals surface area contributed by atoms with Gasteiger partial charge in [-0.2, -0.15) is 0 Å². The molecule has 1 aliphatic heterocycles. The highest BCUT2D eigenvalue weighted by atomic mass is 16.5. The highest BCUT2D eigenvalue weighted by Crippen LogP contribution is 2.22. The first-order valence-corrected chi connectivity index (χ1v) is 10.5.